The summed E-state index contributed by atoms with van der Waals surface area (Å²) in [5, 5.41) is 11.5. The summed E-state index contributed by atoms with van der Waals surface area (Å²) < 4.78 is 0. The van der Waals surface area contributed by atoms with Crippen LogP contribution in [-0.2, 0) is 9.59 Å². The number of rotatable bonds is 3. The minimum Gasteiger partial charge on any atom is -0.480 e. The number of nitrogens with one attached hydrogen (secondary N) is 1. The number of carboxylic acid groups (broad SMARTS) is 1. The second-order valence-electron chi connectivity index (χ2n) is 4.40. The molecular weight excluding hydrogens is 170 g/mol. The number of carbonyl (C=O) groups is 2. The standard InChI is InChI=1S/C9H13NO3/c1-8(2-3-8)6(11)10-9(4-5-9)7(12)13/h2-5H2,1H3,(H,10,11)(H,12,13). The van der Waals surface area contributed by atoms with Crippen LogP contribution in [0.25, 0.3) is 0 Å². The normalized spacial score (nSPS) is 26.2. The highest BCUT2D eigenvalue weighted by atomic mass is 16.4. The van der Waals surface area contributed by atoms with Crippen molar-refractivity contribution < 1.29 is 14.7 Å². The fraction of sp³-hybridized carbons (Fsp3) is 0.778. The van der Waals surface area contributed by atoms with Gasteiger partial charge in [0, 0.05) is 5.41 Å². The van der Waals surface area contributed by atoms with E-state index in [1.54, 1.807) is 0 Å². The highest BCUT2D eigenvalue weighted by molar-refractivity contribution is 5.92. The van der Waals surface area contributed by atoms with Crippen LogP contribution in [0.5, 0.6) is 0 Å². The monoisotopic (exact) mass is 183 g/mol. The van der Waals surface area contributed by atoms with Crippen molar-refractivity contribution in [2.24, 2.45) is 5.41 Å². The molecule has 0 aliphatic heterocycles. The molecule has 13 heavy (non-hydrogen) atoms. The molecule has 2 fully saturated rings. The molecule has 0 heterocycles. The molecule has 0 unspecified atom stereocenters. The molecule has 0 saturated heterocycles. The van der Waals surface area contributed by atoms with Gasteiger partial charge in [-0.25, -0.2) is 4.79 Å². The van der Waals surface area contributed by atoms with Gasteiger partial charge in [-0.3, -0.25) is 4.79 Å². The first-order valence-corrected chi connectivity index (χ1v) is 4.55. The smallest absolute Gasteiger partial charge is 0.329 e. The van der Waals surface area contributed by atoms with E-state index in [9.17, 15) is 9.59 Å². The topological polar surface area (TPSA) is 66.4 Å². The number of hydrogen-bond acceptors (Lipinski definition) is 2. The molecule has 0 aromatic rings. The summed E-state index contributed by atoms with van der Waals surface area (Å²) in [7, 11) is 0. The predicted molar refractivity (Wildman–Crippen MR) is 45.1 cm³/mol. The van der Waals surface area contributed by atoms with Crippen molar-refractivity contribution in [3.05, 3.63) is 0 Å². The summed E-state index contributed by atoms with van der Waals surface area (Å²) in [5.74, 6) is -0.988. The minimum atomic E-state index is -0.914. The molecule has 2 aliphatic carbocycles. The number of carboxylic acids is 1. The Balaban J connectivity index is 1.98. The van der Waals surface area contributed by atoms with Gasteiger partial charge in [-0.1, -0.05) is 6.92 Å². The van der Waals surface area contributed by atoms with E-state index in [0.29, 0.717) is 12.8 Å². The molecule has 1 amide bonds. The van der Waals surface area contributed by atoms with Crippen LogP contribution >= 0.6 is 0 Å². The van der Waals surface area contributed by atoms with E-state index in [1.807, 2.05) is 6.92 Å². The second kappa shape index (κ2) is 2.25. The van der Waals surface area contributed by atoms with Gasteiger partial charge in [0.15, 0.2) is 0 Å². The summed E-state index contributed by atoms with van der Waals surface area (Å²) in [5.41, 5.74) is -1.19. The molecule has 72 valence electrons. The Morgan fingerprint density at radius 1 is 1.23 bits per heavy atom. The third-order valence-electron chi connectivity index (χ3n) is 3.06. The first-order valence-electron chi connectivity index (χ1n) is 4.55. The Hall–Kier alpha value is -1.06. The molecule has 0 radical (unpaired) electrons. The van der Waals surface area contributed by atoms with Crippen LogP contribution in [0.4, 0.5) is 0 Å². The van der Waals surface area contributed by atoms with Crippen molar-refractivity contribution in [1.82, 2.24) is 5.32 Å². The van der Waals surface area contributed by atoms with Gasteiger partial charge in [0.2, 0.25) is 5.91 Å². The zero-order chi connectivity index (χ0) is 9.69. The average Bonchev–Trinajstić information content (AvgIpc) is 2.88. The Morgan fingerprint density at radius 2 is 1.77 bits per heavy atom. The van der Waals surface area contributed by atoms with Crippen LogP contribution in [0, 0.1) is 5.41 Å². The Labute approximate surface area is 76.3 Å². The van der Waals surface area contributed by atoms with Gasteiger partial charge in [0.25, 0.3) is 0 Å². The zero-order valence-electron chi connectivity index (χ0n) is 7.59. The summed E-state index contributed by atoms with van der Waals surface area (Å²) in [6.45, 7) is 1.88. The van der Waals surface area contributed by atoms with E-state index < -0.39 is 11.5 Å². The number of aliphatic carboxylic acids is 1. The Kier molecular flexibility index (Phi) is 1.47. The van der Waals surface area contributed by atoms with E-state index in [1.165, 1.54) is 0 Å². The average molecular weight is 183 g/mol. The van der Waals surface area contributed by atoms with Crippen LogP contribution in [0.2, 0.25) is 0 Å². The lowest BCUT2D eigenvalue weighted by Gasteiger charge is -2.15. The summed E-state index contributed by atoms with van der Waals surface area (Å²) >= 11 is 0. The van der Waals surface area contributed by atoms with Crippen LogP contribution in [0.1, 0.15) is 32.6 Å². The number of amides is 1. The summed E-state index contributed by atoms with van der Waals surface area (Å²) in [6, 6.07) is 0. The minimum absolute atomic E-state index is 0.0904. The molecule has 4 heteroatoms. The van der Waals surface area contributed by atoms with Gasteiger partial charge < -0.3 is 10.4 Å². The van der Waals surface area contributed by atoms with E-state index >= 15 is 0 Å². The lowest BCUT2D eigenvalue weighted by molar-refractivity contribution is -0.143. The lowest BCUT2D eigenvalue weighted by Crippen LogP contribution is -2.45. The molecule has 0 atom stereocenters. The quantitative estimate of drug-likeness (QED) is 0.670. The van der Waals surface area contributed by atoms with E-state index in [0.717, 1.165) is 12.8 Å². The van der Waals surface area contributed by atoms with Gasteiger partial charge >= 0.3 is 5.97 Å². The molecule has 0 aromatic heterocycles. The largest absolute Gasteiger partial charge is 0.480 e. The van der Waals surface area contributed by atoms with Crippen LogP contribution in [0.15, 0.2) is 0 Å². The Morgan fingerprint density at radius 3 is 2.08 bits per heavy atom. The Bertz CT molecular complexity index is 277. The molecule has 2 saturated carbocycles. The van der Waals surface area contributed by atoms with Crippen LogP contribution in [0.3, 0.4) is 0 Å². The maximum atomic E-state index is 11.5. The number of hydrogen-bond donors (Lipinski definition) is 2. The van der Waals surface area contributed by atoms with E-state index in [2.05, 4.69) is 5.32 Å². The fourth-order valence-corrected chi connectivity index (χ4v) is 1.30. The maximum Gasteiger partial charge on any atom is 0.329 e. The van der Waals surface area contributed by atoms with Gasteiger partial charge in [-0.05, 0) is 25.7 Å². The second-order valence-corrected chi connectivity index (χ2v) is 4.40. The third-order valence-corrected chi connectivity index (χ3v) is 3.06. The zero-order valence-corrected chi connectivity index (χ0v) is 7.59. The molecule has 0 aromatic carbocycles. The van der Waals surface area contributed by atoms with Crippen molar-refractivity contribution in [3.63, 3.8) is 0 Å². The highest BCUT2D eigenvalue weighted by Gasteiger charge is 2.55. The molecule has 2 aliphatic rings. The SMILES string of the molecule is CC1(C(=O)NC2(C(=O)O)CC2)CC1. The highest BCUT2D eigenvalue weighted by Crippen LogP contribution is 2.47. The molecule has 2 N–H and O–H groups in total. The molecular formula is C9H13NO3. The van der Waals surface area contributed by atoms with Gasteiger partial charge in [-0.15, -0.1) is 0 Å². The van der Waals surface area contributed by atoms with Crippen LogP contribution in [-0.4, -0.2) is 22.5 Å². The van der Waals surface area contributed by atoms with Crippen molar-refractivity contribution in [1.29, 1.82) is 0 Å². The van der Waals surface area contributed by atoms with E-state index in [4.69, 9.17) is 5.11 Å². The van der Waals surface area contributed by atoms with Crippen molar-refractivity contribution >= 4 is 11.9 Å². The molecule has 2 rings (SSSR count). The van der Waals surface area contributed by atoms with Crippen molar-refractivity contribution in [2.45, 2.75) is 38.1 Å². The first-order chi connectivity index (χ1) is 5.99. The summed E-state index contributed by atoms with van der Waals surface area (Å²) in [6.07, 6.45) is 2.91. The van der Waals surface area contributed by atoms with E-state index in [-0.39, 0.29) is 11.3 Å². The summed E-state index contributed by atoms with van der Waals surface area (Å²) in [4.78, 5) is 22.3. The first kappa shape index (κ1) is 8.53. The number of carbonyl (C=O) groups excluding carboxylic acids is 1. The molecule has 0 bridgehead atoms. The van der Waals surface area contributed by atoms with Crippen molar-refractivity contribution in [2.75, 3.05) is 0 Å². The van der Waals surface area contributed by atoms with Crippen molar-refractivity contribution in [3.8, 4) is 0 Å². The molecule has 0 spiro atoms. The predicted octanol–water partition coefficient (Wildman–Crippen LogP) is 0.520. The van der Waals surface area contributed by atoms with Gasteiger partial charge in [0.1, 0.15) is 5.54 Å². The third kappa shape index (κ3) is 1.30. The maximum absolute atomic E-state index is 11.5. The van der Waals surface area contributed by atoms with Gasteiger partial charge in [0.05, 0.1) is 0 Å². The van der Waals surface area contributed by atoms with Crippen LogP contribution < -0.4 is 5.32 Å². The molecule has 4 nitrogen and oxygen atoms in total. The lowest BCUT2D eigenvalue weighted by atomic mass is 10.1. The fourth-order valence-electron chi connectivity index (χ4n) is 1.30. The van der Waals surface area contributed by atoms with Gasteiger partial charge in [-0.2, -0.15) is 0 Å².